The van der Waals surface area contributed by atoms with Crippen molar-refractivity contribution in [2.24, 2.45) is 5.92 Å². The van der Waals surface area contributed by atoms with Crippen molar-refractivity contribution < 1.29 is 9.90 Å². The van der Waals surface area contributed by atoms with Crippen LogP contribution in [0.1, 0.15) is 19.8 Å². The number of rotatable bonds is 5. The van der Waals surface area contributed by atoms with E-state index >= 15 is 0 Å². The van der Waals surface area contributed by atoms with E-state index in [1.165, 1.54) is 0 Å². The molecule has 0 fully saturated rings. The maximum atomic E-state index is 10.6. The minimum absolute atomic E-state index is 0.157. The fraction of sp³-hybridized carbons (Fsp3) is 0.667. The molecule has 0 spiro atoms. The van der Waals surface area contributed by atoms with Crippen molar-refractivity contribution >= 4 is 5.91 Å². The molecule has 0 aromatic carbocycles. The summed E-state index contributed by atoms with van der Waals surface area (Å²) in [6.45, 7) is 2.73. The standard InChI is InChI=1S/C9H15NO2/c1-3-8(5-6-11)7-10-9(12)4-2/h2,8,11H,3,5-7H2,1H3,(H,10,12). The van der Waals surface area contributed by atoms with E-state index in [1.807, 2.05) is 12.8 Å². The SMILES string of the molecule is C#CC(=O)NCC(CC)CCO. The normalized spacial score (nSPS) is 11.8. The van der Waals surface area contributed by atoms with Gasteiger partial charge in [-0.3, -0.25) is 4.79 Å². The van der Waals surface area contributed by atoms with Crippen LogP contribution in [0.25, 0.3) is 0 Å². The van der Waals surface area contributed by atoms with Crippen LogP contribution in [-0.4, -0.2) is 24.2 Å². The van der Waals surface area contributed by atoms with Gasteiger partial charge in [0.25, 0.3) is 5.91 Å². The molecule has 0 bridgehead atoms. The number of aliphatic hydroxyl groups excluding tert-OH is 1. The van der Waals surface area contributed by atoms with Crippen molar-refractivity contribution in [3.8, 4) is 12.3 Å². The Labute approximate surface area is 73.2 Å². The summed E-state index contributed by atoms with van der Waals surface area (Å²) in [6.07, 6.45) is 6.51. The van der Waals surface area contributed by atoms with Crippen molar-refractivity contribution in [3.05, 3.63) is 0 Å². The fourth-order valence-corrected chi connectivity index (χ4v) is 0.921. The Kier molecular flexibility index (Phi) is 6.12. The molecule has 0 aromatic heterocycles. The van der Waals surface area contributed by atoms with Crippen LogP contribution in [0, 0.1) is 18.3 Å². The van der Waals surface area contributed by atoms with E-state index in [9.17, 15) is 4.79 Å². The molecule has 0 rings (SSSR count). The van der Waals surface area contributed by atoms with Crippen molar-refractivity contribution in [2.45, 2.75) is 19.8 Å². The molecule has 1 unspecified atom stereocenters. The summed E-state index contributed by atoms with van der Waals surface area (Å²) >= 11 is 0. The topological polar surface area (TPSA) is 49.3 Å². The molecule has 68 valence electrons. The van der Waals surface area contributed by atoms with Gasteiger partial charge in [-0.2, -0.15) is 0 Å². The third-order valence-corrected chi connectivity index (χ3v) is 1.80. The Hall–Kier alpha value is -1.01. The summed E-state index contributed by atoms with van der Waals surface area (Å²) in [5.41, 5.74) is 0. The Morgan fingerprint density at radius 1 is 1.75 bits per heavy atom. The minimum atomic E-state index is -0.383. The highest BCUT2D eigenvalue weighted by Crippen LogP contribution is 2.04. The van der Waals surface area contributed by atoms with E-state index < -0.39 is 0 Å². The molecule has 0 saturated heterocycles. The monoisotopic (exact) mass is 169 g/mol. The van der Waals surface area contributed by atoms with Gasteiger partial charge in [0.2, 0.25) is 0 Å². The van der Waals surface area contributed by atoms with Gasteiger partial charge in [-0.15, -0.1) is 6.42 Å². The van der Waals surface area contributed by atoms with Crippen LogP contribution >= 0.6 is 0 Å². The second kappa shape index (κ2) is 6.68. The van der Waals surface area contributed by atoms with Crippen molar-refractivity contribution in [3.63, 3.8) is 0 Å². The summed E-state index contributed by atoms with van der Waals surface area (Å²) in [5, 5.41) is 11.2. The fourth-order valence-electron chi connectivity index (χ4n) is 0.921. The molecule has 0 aromatic rings. The van der Waals surface area contributed by atoms with Crippen molar-refractivity contribution in [2.75, 3.05) is 13.2 Å². The Balaban J connectivity index is 3.59. The van der Waals surface area contributed by atoms with E-state index in [0.717, 1.165) is 6.42 Å². The second-order valence-corrected chi connectivity index (χ2v) is 2.64. The summed E-state index contributed by atoms with van der Waals surface area (Å²) < 4.78 is 0. The lowest BCUT2D eigenvalue weighted by Crippen LogP contribution is -2.28. The third-order valence-electron chi connectivity index (χ3n) is 1.80. The predicted octanol–water partition coefficient (Wildman–Crippen LogP) is 0.144. The van der Waals surface area contributed by atoms with E-state index in [4.69, 9.17) is 11.5 Å². The van der Waals surface area contributed by atoms with Gasteiger partial charge in [-0.1, -0.05) is 13.3 Å². The molecular formula is C9H15NO2. The van der Waals surface area contributed by atoms with Gasteiger partial charge in [-0.05, 0) is 18.3 Å². The molecular weight excluding hydrogens is 154 g/mol. The highest BCUT2D eigenvalue weighted by molar-refractivity contribution is 5.92. The van der Waals surface area contributed by atoms with Crippen LogP contribution in [0.2, 0.25) is 0 Å². The van der Waals surface area contributed by atoms with E-state index in [-0.39, 0.29) is 12.5 Å². The van der Waals surface area contributed by atoms with Gasteiger partial charge in [-0.25, -0.2) is 0 Å². The molecule has 0 aliphatic rings. The van der Waals surface area contributed by atoms with Gasteiger partial charge in [0.05, 0.1) is 0 Å². The predicted molar refractivity (Wildman–Crippen MR) is 47.3 cm³/mol. The molecule has 1 atom stereocenters. The summed E-state index contributed by atoms with van der Waals surface area (Å²) in [5.74, 6) is 1.92. The van der Waals surface area contributed by atoms with Crippen LogP contribution in [0.15, 0.2) is 0 Å². The highest BCUT2D eigenvalue weighted by Gasteiger charge is 2.05. The first-order valence-electron chi connectivity index (χ1n) is 4.09. The lowest BCUT2D eigenvalue weighted by atomic mass is 10.0. The number of hydrogen-bond donors (Lipinski definition) is 2. The van der Waals surface area contributed by atoms with Crippen LogP contribution < -0.4 is 5.32 Å². The van der Waals surface area contributed by atoms with Gasteiger partial charge >= 0.3 is 0 Å². The quantitative estimate of drug-likeness (QED) is 0.575. The average molecular weight is 169 g/mol. The Morgan fingerprint density at radius 2 is 2.42 bits per heavy atom. The third kappa shape index (κ3) is 4.75. The molecule has 12 heavy (non-hydrogen) atoms. The first-order chi connectivity index (χ1) is 5.74. The van der Waals surface area contributed by atoms with Crippen LogP contribution in [0.5, 0.6) is 0 Å². The molecule has 0 saturated carbocycles. The maximum Gasteiger partial charge on any atom is 0.295 e. The first kappa shape index (κ1) is 11.0. The lowest BCUT2D eigenvalue weighted by molar-refractivity contribution is -0.115. The zero-order chi connectivity index (χ0) is 9.40. The number of aliphatic hydroxyl groups is 1. The zero-order valence-electron chi connectivity index (χ0n) is 7.34. The molecule has 0 radical (unpaired) electrons. The summed E-state index contributed by atoms with van der Waals surface area (Å²) in [6, 6.07) is 0. The molecule has 0 heterocycles. The number of carbonyl (C=O) groups is 1. The lowest BCUT2D eigenvalue weighted by Gasteiger charge is -2.12. The second-order valence-electron chi connectivity index (χ2n) is 2.64. The van der Waals surface area contributed by atoms with E-state index in [2.05, 4.69) is 5.32 Å². The highest BCUT2D eigenvalue weighted by atomic mass is 16.3. The van der Waals surface area contributed by atoms with Crippen LogP contribution in [0.3, 0.4) is 0 Å². The zero-order valence-corrected chi connectivity index (χ0v) is 7.34. The molecule has 2 N–H and O–H groups in total. The Bertz CT molecular complexity index is 172. The van der Waals surface area contributed by atoms with Crippen LogP contribution in [-0.2, 0) is 4.79 Å². The molecule has 3 heteroatoms. The minimum Gasteiger partial charge on any atom is -0.396 e. The summed E-state index contributed by atoms with van der Waals surface area (Å²) in [7, 11) is 0. The molecule has 0 aliphatic carbocycles. The number of hydrogen-bond acceptors (Lipinski definition) is 2. The molecule has 0 aliphatic heterocycles. The van der Waals surface area contributed by atoms with Gasteiger partial charge in [0, 0.05) is 13.2 Å². The van der Waals surface area contributed by atoms with Crippen molar-refractivity contribution in [1.29, 1.82) is 0 Å². The van der Waals surface area contributed by atoms with Gasteiger partial charge in [0.15, 0.2) is 0 Å². The maximum absolute atomic E-state index is 10.6. The summed E-state index contributed by atoms with van der Waals surface area (Å²) in [4.78, 5) is 10.6. The largest absolute Gasteiger partial charge is 0.396 e. The Morgan fingerprint density at radius 3 is 2.83 bits per heavy atom. The van der Waals surface area contributed by atoms with E-state index in [0.29, 0.717) is 18.9 Å². The average Bonchev–Trinajstić information content (AvgIpc) is 2.11. The van der Waals surface area contributed by atoms with Gasteiger partial charge in [0.1, 0.15) is 0 Å². The molecule has 3 nitrogen and oxygen atoms in total. The number of nitrogens with one attached hydrogen (secondary N) is 1. The number of amides is 1. The van der Waals surface area contributed by atoms with Crippen molar-refractivity contribution in [1.82, 2.24) is 5.32 Å². The number of terminal acetylenes is 1. The van der Waals surface area contributed by atoms with Gasteiger partial charge < -0.3 is 10.4 Å². The first-order valence-corrected chi connectivity index (χ1v) is 4.09. The van der Waals surface area contributed by atoms with E-state index in [1.54, 1.807) is 0 Å². The smallest absolute Gasteiger partial charge is 0.295 e. The van der Waals surface area contributed by atoms with Crippen LogP contribution in [0.4, 0.5) is 0 Å². The number of carbonyl (C=O) groups excluding carboxylic acids is 1. The molecule has 1 amide bonds.